The lowest BCUT2D eigenvalue weighted by Gasteiger charge is -2.16. The highest BCUT2D eigenvalue weighted by atomic mass is 19.1. The van der Waals surface area contributed by atoms with Gasteiger partial charge in [-0.25, -0.2) is 4.39 Å². The fraction of sp³-hybridized carbons (Fsp3) is 0.125. The van der Waals surface area contributed by atoms with E-state index in [4.69, 9.17) is 0 Å². The van der Waals surface area contributed by atoms with Crippen LogP contribution < -0.4 is 5.32 Å². The van der Waals surface area contributed by atoms with Crippen LogP contribution in [-0.2, 0) is 0 Å². The second-order valence-electron chi connectivity index (χ2n) is 4.84. The van der Waals surface area contributed by atoms with Gasteiger partial charge in [0.05, 0.1) is 5.69 Å². The van der Waals surface area contributed by atoms with E-state index in [9.17, 15) is 4.39 Å². The number of aromatic nitrogens is 3. The topological polar surface area (TPSA) is 42.7 Å². The predicted octanol–water partition coefficient (Wildman–Crippen LogP) is 3.58. The maximum absolute atomic E-state index is 13.3. The van der Waals surface area contributed by atoms with E-state index >= 15 is 0 Å². The number of anilines is 1. The molecule has 1 atom stereocenters. The fourth-order valence-corrected chi connectivity index (χ4v) is 2.20. The Kier molecular flexibility index (Phi) is 3.64. The monoisotopic (exact) mass is 282 g/mol. The molecule has 5 heteroatoms. The van der Waals surface area contributed by atoms with Crippen molar-refractivity contribution in [2.75, 3.05) is 5.32 Å². The Bertz CT molecular complexity index is 725. The summed E-state index contributed by atoms with van der Waals surface area (Å²) in [5.41, 5.74) is 2.83. The first kappa shape index (κ1) is 13.3. The Balaban J connectivity index is 1.80. The number of hydrogen-bond acceptors (Lipinski definition) is 3. The molecule has 0 aliphatic heterocycles. The van der Waals surface area contributed by atoms with Crippen LogP contribution in [0.5, 0.6) is 0 Å². The lowest BCUT2D eigenvalue weighted by atomic mass is 10.1. The Labute approximate surface area is 122 Å². The first-order chi connectivity index (χ1) is 10.2. The molecule has 4 nitrogen and oxygen atoms in total. The molecular weight excluding hydrogens is 267 g/mol. The average molecular weight is 282 g/mol. The zero-order chi connectivity index (χ0) is 14.7. The summed E-state index contributed by atoms with van der Waals surface area (Å²) in [5.74, 6) is -0.223. The third kappa shape index (κ3) is 3.08. The van der Waals surface area contributed by atoms with Crippen LogP contribution in [0.15, 0.2) is 61.2 Å². The van der Waals surface area contributed by atoms with Crippen LogP contribution in [0.25, 0.3) is 5.69 Å². The van der Waals surface area contributed by atoms with Gasteiger partial charge in [-0.3, -0.25) is 4.57 Å². The molecule has 0 saturated heterocycles. The van der Waals surface area contributed by atoms with E-state index in [1.165, 1.54) is 6.07 Å². The standard InChI is InChI=1S/C16H15FN4/c1-12(13-4-2-5-14(17)8-13)20-15-6-3-7-16(9-15)21-10-18-19-11-21/h2-12,20H,1H3. The Morgan fingerprint density at radius 1 is 1.05 bits per heavy atom. The largest absolute Gasteiger partial charge is 0.378 e. The van der Waals surface area contributed by atoms with E-state index in [1.54, 1.807) is 24.8 Å². The SMILES string of the molecule is CC(Nc1cccc(-n2cnnc2)c1)c1cccc(F)c1. The maximum atomic E-state index is 13.3. The predicted molar refractivity (Wildman–Crippen MR) is 79.8 cm³/mol. The summed E-state index contributed by atoms with van der Waals surface area (Å²) in [7, 11) is 0. The molecule has 0 aliphatic carbocycles. The Hall–Kier alpha value is -2.69. The molecule has 3 aromatic rings. The van der Waals surface area contributed by atoms with Crippen molar-refractivity contribution in [3.05, 3.63) is 72.6 Å². The van der Waals surface area contributed by atoms with Crippen LogP contribution in [0.4, 0.5) is 10.1 Å². The zero-order valence-corrected chi connectivity index (χ0v) is 11.6. The van der Waals surface area contributed by atoms with Gasteiger partial charge in [-0.1, -0.05) is 18.2 Å². The van der Waals surface area contributed by atoms with E-state index in [-0.39, 0.29) is 11.9 Å². The van der Waals surface area contributed by atoms with Gasteiger partial charge in [0, 0.05) is 11.7 Å². The van der Waals surface area contributed by atoms with Crippen molar-refractivity contribution in [1.29, 1.82) is 0 Å². The van der Waals surface area contributed by atoms with Gasteiger partial charge in [0.1, 0.15) is 18.5 Å². The molecule has 1 unspecified atom stereocenters. The van der Waals surface area contributed by atoms with Crippen LogP contribution in [0.3, 0.4) is 0 Å². The highest BCUT2D eigenvalue weighted by molar-refractivity contribution is 5.52. The summed E-state index contributed by atoms with van der Waals surface area (Å²) in [4.78, 5) is 0. The van der Waals surface area contributed by atoms with Crippen LogP contribution in [-0.4, -0.2) is 14.8 Å². The highest BCUT2D eigenvalue weighted by Crippen LogP contribution is 2.21. The Morgan fingerprint density at radius 3 is 2.57 bits per heavy atom. The first-order valence-electron chi connectivity index (χ1n) is 6.69. The molecule has 0 aliphatic rings. The normalized spacial score (nSPS) is 12.1. The van der Waals surface area contributed by atoms with Gasteiger partial charge in [0.25, 0.3) is 0 Å². The van der Waals surface area contributed by atoms with E-state index in [0.717, 1.165) is 16.9 Å². The number of benzene rings is 2. The summed E-state index contributed by atoms with van der Waals surface area (Å²) >= 11 is 0. The summed E-state index contributed by atoms with van der Waals surface area (Å²) in [5, 5.41) is 11.0. The molecule has 1 heterocycles. The van der Waals surface area contributed by atoms with Gasteiger partial charge in [-0.2, -0.15) is 0 Å². The van der Waals surface area contributed by atoms with Crippen molar-refractivity contribution in [2.45, 2.75) is 13.0 Å². The number of nitrogens with one attached hydrogen (secondary N) is 1. The van der Waals surface area contributed by atoms with Gasteiger partial charge < -0.3 is 5.32 Å². The van der Waals surface area contributed by atoms with Crippen molar-refractivity contribution >= 4 is 5.69 Å². The molecule has 21 heavy (non-hydrogen) atoms. The molecule has 0 spiro atoms. The lowest BCUT2D eigenvalue weighted by Crippen LogP contribution is -2.07. The van der Waals surface area contributed by atoms with E-state index in [0.29, 0.717) is 0 Å². The average Bonchev–Trinajstić information content (AvgIpc) is 3.02. The van der Waals surface area contributed by atoms with E-state index < -0.39 is 0 Å². The van der Waals surface area contributed by atoms with Crippen molar-refractivity contribution < 1.29 is 4.39 Å². The van der Waals surface area contributed by atoms with Crippen molar-refractivity contribution in [3.63, 3.8) is 0 Å². The molecule has 3 rings (SSSR count). The molecule has 106 valence electrons. The molecule has 1 N–H and O–H groups in total. The Morgan fingerprint density at radius 2 is 1.81 bits per heavy atom. The minimum atomic E-state index is -0.223. The van der Waals surface area contributed by atoms with Gasteiger partial charge in [0.15, 0.2) is 0 Å². The van der Waals surface area contributed by atoms with Crippen LogP contribution in [0.1, 0.15) is 18.5 Å². The molecule has 0 saturated carbocycles. The fourth-order valence-electron chi connectivity index (χ4n) is 2.20. The summed E-state index contributed by atoms with van der Waals surface area (Å²) in [6.45, 7) is 2.00. The number of hydrogen-bond donors (Lipinski definition) is 1. The summed E-state index contributed by atoms with van der Waals surface area (Å²) in [6.07, 6.45) is 3.30. The molecule has 0 bridgehead atoms. The van der Waals surface area contributed by atoms with Crippen LogP contribution >= 0.6 is 0 Å². The summed E-state index contributed by atoms with van der Waals surface area (Å²) < 4.78 is 15.1. The number of halogens is 1. The van der Waals surface area contributed by atoms with E-state index in [1.807, 2.05) is 41.8 Å². The summed E-state index contributed by atoms with van der Waals surface area (Å²) in [6, 6.07) is 14.5. The minimum absolute atomic E-state index is 0.0110. The van der Waals surface area contributed by atoms with Gasteiger partial charge in [-0.15, -0.1) is 10.2 Å². The van der Waals surface area contributed by atoms with E-state index in [2.05, 4.69) is 15.5 Å². The second kappa shape index (κ2) is 5.75. The van der Waals surface area contributed by atoms with Crippen molar-refractivity contribution in [1.82, 2.24) is 14.8 Å². The van der Waals surface area contributed by atoms with Gasteiger partial charge >= 0.3 is 0 Å². The molecule has 1 aromatic heterocycles. The number of rotatable bonds is 4. The third-order valence-corrected chi connectivity index (χ3v) is 3.29. The molecule has 2 aromatic carbocycles. The van der Waals surface area contributed by atoms with Gasteiger partial charge in [-0.05, 0) is 42.8 Å². The minimum Gasteiger partial charge on any atom is -0.378 e. The van der Waals surface area contributed by atoms with Crippen molar-refractivity contribution in [3.8, 4) is 5.69 Å². The van der Waals surface area contributed by atoms with Crippen molar-refractivity contribution in [2.24, 2.45) is 0 Å². The highest BCUT2D eigenvalue weighted by Gasteiger charge is 2.07. The molecular formula is C16H15FN4. The smallest absolute Gasteiger partial charge is 0.123 e. The maximum Gasteiger partial charge on any atom is 0.123 e. The van der Waals surface area contributed by atoms with Gasteiger partial charge in [0.2, 0.25) is 0 Å². The quantitative estimate of drug-likeness (QED) is 0.795. The first-order valence-corrected chi connectivity index (χ1v) is 6.69. The molecule has 0 radical (unpaired) electrons. The van der Waals surface area contributed by atoms with Crippen LogP contribution in [0, 0.1) is 5.82 Å². The zero-order valence-electron chi connectivity index (χ0n) is 11.6. The third-order valence-electron chi connectivity index (χ3n) is 3.29. The van der Waals surface area contributed by atoms with Crippen LogP contribution in [0.2, 0.25) is 0 Å². The molecule has 0 amide bonds. The number of nitrogens with zero attached hydrogens (tertiary/aromatic N) is 3. The second-order valence-corrected chi connectivity index (χ2v) is 4.84. The molecule has 0 fully saturated rings. The lowest BCUT2D eigenvalue weighted by molar-refractivity contribution is 0.623.